The molecule has 0 fully saturated rings. The number of quaternary nitrogens is 1. The molecule has 0 aliphatic rings. The molecule has 0 amide bonds. The highest BCUT2D eigenvalue weighted by atomic mass is 16.4. The molecule has 0 aromatic carbocycles. The average Bonchev–Trinajstić information content (AvgIpc) is 2.91. The van der Waals surface area contributed by atoms with Gasteiger partial charge in [0, 0.05) is 19.3 Å². The van der Waals surface area contributed by atoms with Gasteiger partial charge in [0.25, 0.3) is 0 Å². The topological polar surface area (TPSA) is 112 Å². The minimum Gasteiger partial charge on any atom is -0.481 e. The van der Waals surface area contributed by atoms with Crippen LogP contribution in [-0.2, 0) is 14.4 Å². The van der Waals surface area contributed by atoms with Gasteiger partial charge in [0.1, 0.15) is 0 Å². The number of carboxylic acid groups (broad SMARTS) is 3. The van der Waals surface area contributed by atoms with E-state index in [1.165, 1.54) is 103 Å². The standard InChI is InChI=1S/C34H63NO6/c1-2-3-4-5-6-7-8-9-10-11-12-13-14-15-16-17-18-19-20-21-28-35(29-22-25-32(36)37,30-23-26-33(38)39)31-24-27-34(40)41/h11-12H,2-10,13-31H2,1H3,(H2-,36,37,38,39,40,41)/p+1/b12-11+. The summed E-state index contributed by atoms with van der Waals surface area (Å²) in [4.78, 5) is 33.2. The second kappa shape index (κ2) is 28.2. The SMILES string of the molecule is CCCCCCCCCC/C=C/CCCCCCCCCC[N+](CCCC(=O)O)(CCCC(=O)O)CCCC(=O)O. The van der Waals surface area contributed by atoms with E-state index in [2.05, 4.69) is 19.1 Å². The van der Waals surface area contributed by atoms with E-state index in [1.54, 1.807) is 0 Å². The van der Waals surface area contributed by atoms with Crippen molar-refractivity contribution in [1.82, 2.24) is 0 Å². The van der Waals surface area contributed by atoms with Gasteiger partial charge < -0.3 is 19.8 Å². The molecule has 0 aromatic rings. The van der Waals surface area contributed by atoms with Crippen molar-refractivity contribution in [3.63, 3.8) is 0 Å². The molecule has 7 nitrogen and oxygen atoms in total. The lowest BCUT2D eigenvalue weighted by atomic mass is 10.1. The molecule has 0 atom stereocenters. The first kappa shape index (κ1) is 39.1. The molecular weight excluding hydrogens is 518 g/mol. The second-order valence-electron chi connectivity index (χ2n) is 12.1. The number of unbranched alkanes of at least 4 members (excludes halogenated alkanes) is 16. The van der Waals surface area contributed by atoms with E-state index >= 15 is 0 Å². The van der Waals surface area contributed by atoms with Crippen molar-refractivity contribution in [2.24, 2.45) is 0 Å². The minimum absolute atomic E-state index is 0.0902. The summed E-state index contributed by atoms with van der Waals surface area (Å²) in [6, 6.07) is 0. The van der Waals surface area contributed by atoms with Crippen LogP contribution < -0.4 is 0 Å². The highest BCUT2D eigenvalue weighted by Gasteiger charge is 2.27. The molecule has 0 bridgehead atoms. The number of nitrogens with zero attached hydrogens (tertiary/aromatic N) is 1. The van der Waals surface area contributed by atoms with Gasteiger partial charge in [-0.3, -0.25) is 14.4 Å². The molecule has 41 heavy (non-hydrogen) atoms. The Morgan fingerprint density at radius 1 is 0.439 bits per heavy atom. The predicted octanol–water partition coefficient (Wildman–Crippen LogP) is 9.00. The van der Waals surface area contributed by atoms with Crippen molar-refractivity contribution in [2.75, 3.05) is 26.2 Å². The van der Waals surface area contributed by atoms with Crippen molar-refractivity contribution in [3.8, 4) is 0 Å². The molecular formula is C34H64NO6+. The molecule has 240 valence electrons. The van der Waals surface area contributed by atoms with E-state index < -0.39 is 17.9 Å². The zero-order valence-corrected chi connectivity index (χ0v) is 26.5. The Labute approximate surface area is 251 Å². The summed E-state index contributed by atoms with van der Waals surface area (Å²) in [5.41, 5.74) is 0. The van der Waals surface area contributed by atoms with Crippen LogP contribution in [-0.4, -0.2) is 63.9 Å². The van der Waals surface area contributed by atoms with Gasteiger partial charge in [-0.1, -0.05) is 96.1 Å². The maximum absolute atomic E-state index is 11.1. The van der Waals surface area contributed by atoms with Crippen LogP contribution in [0.15, 0.2) is 12.2 Å². The van der Waals surface area contributed by atoms with Crippen LogP contribution in [0.25, 0.3) is 0 Å². The van der Waals surface area contributed by atoms with Crippen molar-refractivity contribution >= 4 is 17.9 Å². The van der Waals surface area contributed by atoms with Gasteiger partial charge in [-0.05, 0) is 38.5 Å². The quantitative estimate of drug-likeness (QED) is 0.0414. The summed E-state index contributed by atoms with van der Waals surface area (Å²) in [6.45, 7) is 5.13. The van der Waals surface area contributed by atoms with E-state index in [1.807, 2.05) is 0 Å². The summed E-state index contributed by atoms with van der Waals surface area (Å²) in [6.07, 6.45) is 29.7. The minimum atomic E-state index is -0.825. The Morgan fingerprint density at radius 2 is 0.732 bits per heavy atom. The molecule has 0 rings (SSSR count). The van der Waals surface area contributed by atoms with Crippen molar-refractivity contribution in [2.45, 2.75) is 161 Å². The van der Waals surface area contributed by atoms with Crippen molar-refractivity contribution in [3.05, 3.63) is 12.2 Å². The Balaban J connectivity index is 4.10. The third-order valence-corrected chi connectivity index (χ3v) is 8.21. The molecule has 0 saturated heterocycles. The van der Waals surface area contributed by atoms with Gasteiger partial charge in [0.15, 0.2) is 0 Å². The lowest BCUT2D eigenvalue weighted by Crippen LogP contribution is -2.51. The lowest BCUT2D eigenvalue weighted by Gasteiger charge is -2.39. The Morgan fingerprint density at radius 3 is 1.07 bits per heavy atom. The Bertz CT molecular complexity index is 628. The fourth-order valence-electron chi connectivity index (χ4n) is 5.77. The van der Waals surface area contributed by atoms with Gasteiger partial charge in [-0.25, -0.2) is 0 Å². The maximum atomic E-state index is 11.1. The zero-order valence-electron chi connectivity index (χ0n) is 26.5. The van der Waals surface area contributed by atoms with E-state index in [9.17, 15) is 14.4 Å². The Kier molecular flexibility index (Phi) is 26.9. The molecule has 0 unspecified atom stereocenters. The highest BCUT2D eigenvalue weighted by Crippen LogP contribution is 2.19. The van der Waals surface area contributed by atoms with Crippen LogP contribution in [0.3, 0.4) is 0 Å². The molecule has 0 heterocycles. The molecule has 0 aliphatic heterocycles. The summed E-state index contributed by atoms with van der Waals surface area (Å²) in [7, 11) is 0. The van der Waals surface area contributed by atoms with E-state index in [0.717, 1.165) is 19.4 Å². The van der Waals surface area contributed by atoms with E-state index in [-0.39, 0.29) is 19.3 Å². The first-order chi connectivity index (χ1) is 19.8. The molecule has 0 spiro atoms. The zero-order chi connectivity index (χ0) is 30.4. The fraction of sp³-hybridized carbons (Fsp3) is 0.853. The van der Waals surface area contributed by atoms with Crippen LogP contribution in [0.2, 0.25) is 0 Å². The number of hydrogen-bond acceptors (Lipinski definition) is 3. The molecule has 3 N–H and O–H groups in total. The number of carboxylic acids is 3. The van der Waals surface area contributed by atoms with Crippen molar-refractivity contribution < 1.29 is 34.2 Å². The summed E-state index contributed by atoms with van der Waals surface area (Å²) in [5.74, 6) is -2.48. The van der Waals surface area contributed by atoms with Crippen LogP contribution in [0.5, 0.6) is 0 Å². The highest BCUT2D eigenvalue weighted by molar-refractivity contribution is 5.67. The first-order valence-corrected chi connectivity index (χ1v) is 17.0. The lowest BCUT2D eigenvalue weighted by molar-refractivity contribution is -0.929. The van der Waals surface area contributed by atoms with Crippen LogP contribution in [0.1, 0.15) is 161 Å². The van der Waals surface area contributed by atoms with Crippen molar-refractivity contribution in [1.29, 1.82) is 0 Å². The summed E-state index contributed by atoms with van der Waals surface area (Å²) < 4.78 is 0.639. The number of allylic oxidation sites excluding steroid dienone is 2. The van der Waals surface area contributed by atoms with Crippen LogP contribution in [0.4, 0.5) is 0 Å². The third-order valence-electron chi connectivity index (χ3n) is 8.21. The molecule has 7 heteroatoms. The summed E-state index contributed by atoms with van der Waals surface area (Å²) >= 11 is 0. The van der Waals surface area contributed by atoms with Gasteiger partial charge in [-0.2, -0.15) is 0 Å². The largest absolute Gasteiger partial charge is 0.481 e. The molecule has 0 aromatic heterocycles. The predicted molar refractivity (Wildman–Crippen MR) is 168 cm³/mol. The third kappa shape index (κ3) is 28.0. The van der Waals surface area contributed by atoms with Crippen LogP contribution >= 0.6 is 0 Å². The smallest absolute Gasteiger partial charge is 0.303 e. The van der Waals surface area contributed by atoms with E-state index in [4.69, 9.17) is 15.3 Å². The van der Waals surface area contributed by atoms with Gasteiger partial charge in [0.2, 0.25) is 0 Å². The number of aliphatic carboxylic acids is 3. The molecule has 0 saturated carbocycles. The number of hydrogen-bond donors (Lipinski definition) is 3. The normalized spacial score (nSPS) is 11.8. The van der Waals surface area contributed by atoms with Gasteiger partial charge in [-0.15, -0.1) is 0 Å². The molecule has 0 radical (unpaired) electrons. The van der Waals surface area contributed by atoms with Crippen LogP contribution in [0, 0.1) is 0 Å². The Hall–Kier alpha value is -1.89. The fourth-order valence-corrected chi connectivity index (χ4v) is 5.77. The molecule has 0 aliphatic carbocycles. The first-order valence-electron chi connectivity index (χ1n) is 17.0. The van der Waals surface area contributed by atoms with Gasteiger partial charge in [0.05, 0.1) is 45.4 Å². The maximum Gasteiger partial charge on any atom is 0.303 e. The van der Waals surface area contributed by atoms with E-state index in [0.29, 0.717) is 43.4 Å². The summed E-state index contributed by atoms with van der Waals surface area (Å²) in [5, 5.41) is 27.3. The average molecular weight is 583 g/mol. The second-order valence-corrected chi connectivity index (χ2v) is 12.1. The number of rotatable bonds is 32. The number of carbonyl (C=O) groups is 3. The van der Waals surface area contributed by atoms with Gasteiger partial charge >= 0.3 is 17.9 Å². The monoisotopic (exact) mass is 582 g/mol.